The molecule has 108 valence electrons. The highest BCUT2D eigenvalue weighted by molar-refractivity contribution is 5.95. The summed E-state index contributed by atoms with van der Waals surface area (Å²) in [5, 5.41) is 10.9. The number of hydrogen-bond acceptors (Lipinski definition) is 3. The zero-order valence-electron chi connectivity index (χ0n) is 10.2. The number of rotatable bonds is 3. The van der Waals surface area contributed by atoms with E-state index in [0.717, 1.165) is 17.1 Å². The second-order valence-corrected chi connectivity index (χ2v) is 4.29. The molecular formula is C12H11F3N2O3. The number of alkyl halides is 3. The van der Waals surface area contributed by atoms with E-state index in [1.807, 2.05) is 0 Å². The van der Waals surface area contributed by atoms with Gasteiger partial charge in [0.15, 0.2) is 0 Å². The van der Waals surface area contributed by atoms with E-state index in [-0.39, 0.29) is 18.7 Å². The maximum atomic E-state index is 12.6. The molecule has 1 amide bonds. The monoisotopic (exact) mass is 288 g/mol. The van der Waals surface area contributed by atoms with Gasteiger partial charge in [-0.3, -0.25) is 9.59 Å². The van der Waals surface area contributed by atoms with Crippen molar-refractivity contribution in [3.05, 3.63) is 29.8 Å². The van der Waals surface area contributed by atoms with Crippen molar-refractivity contribution in [3.63, 3.8) is 0 Å². The number of nitrogens with zero attached hydrogens (tertiary/aromatic N) is 2. The number of hydrogen-bond donors (Lipinski definition) is 1. The first-order valence-corrected chi connectivity index (χ1v) is 5.76. The molecule has 1 aliphatic rings. The van der Waals surface area contributed by atoms with Gasteiger partial charge in [0.1, 0.15) is 6.54 Å². The molecule has 0 bridgehead atoms. The molecule has 1 saturated heterocycles. The lowest BCUT2D eigenvalue weighted by atomic mass is 10.2. The van der Waals surface area contributed by atoms with Crippen molar-refractivity contribution in [2.75, 3.05) is 18.1 Å². The van der Waals surface area contributed by atoms with Crippen LogP contribution in [0, 0.1) is 0 Å². The Morgan fingerprint density at radius 2 is 2.05 bits per heavy atom. The van der Waals surface area contributed by atoms with Crippen LogP contribution in [-0.4, -0.2) is 35.1 Å². The van der Waals surface area contributed by atoms with Gasteiger partial charge in [-0.2, -0.15) is 13.2 Å². The molecular weight excluding hydrogens is 277 g/mol. The molecule has 1 aromatic rings. The van der Waals surface area contributed by atoms with Crippen LogP contribution in [0.25, 0.3) is 0 Å². The normalized spacial score (nSPS) is 16.8. The SMILES string of the molecule is O=C(O)CN1CCC(=O)N1c1cccc(C(F)(F)F)c1. The fourth-order valence-electron chi connectivity index (χ4n) is 2.02. The molecule has 1 aromatic carbocycles. The summed E-state index contributed by atoms with van der Waals surface area (Å²) in [7, 11) is 0. The first-order chi connectivity index (χ1) is 9.29. The summed E-state index contributed by atoms with van der Waals surface area (Å²) in [5.41, 5.74) is -0.867. The molecule has 0 spiro atoms. The molecule has 1 N–H and O–H groups in total. The first kappa shape index (κ1) is 14.3. The van der Waals surface area contributed by atoms with E-state index in [1.165, 1.54) is 17.1 Å². The van der Waals surface area contributed by atoms with Gasteiger partial charge in [0.2, 0.25) is 5.91 Å². The molecule has 1 fully saturated rings. The van der Waals surface area contributed by atoms with Crippen molar-refractivity contribution in [3.8, 4) is 0 Å². The average molecular weight is 288 g/mol. The Hall–Kier alpha value is -2.09. The van der Waals surface area contributed by atoms with Crippen molar-refractivity contribution in [2.45, 2.75) is 12.6 Å². The Labute approximate surface area is 112 Å². The lowest BCUT2D eigenvalue weighted by molar-refractivity contribution is -0.139. The van der Waals surface area contributed by atoms with E-state index in [0.29, 0.717) is 0 Å². The molecule has 0 radical (unpaired) electrons. The summed E-state index contributed by atoms with van der Waals surface area (Å²) in [4.78, 5) is 22.4. The quantitative estimate of drug-likeness (QED) is 0.920. The highest BCUT2D eigenvalue weighted by Gasteiger charge is 2.34. The number of amides is 1. The predicted molar refractivity (Wildman–Crippen MR) is 62.8 cm³/mol. The summed E-state index contributed by atoms with van der Waals surface area (Å²) >= 11 is 0. The number of aliphatic carboxylic acids is 1. The highest BCUT2D eigenvalue weighted by atomic mass is 19.4. The van der Waals surface area contributed by atoms with E-state index in [9.17, 15) is 22.8 Å². The lowest BCUT2D eigenvalue weighted by Gasteiger charge is -2.26. The van der Waals surface area contributed by atoms with Crippen molar-refractivity contribution < 1.29 is 27.9 Å². The maximum Gasteiger partial charge on any atom is 0.416 e. The lowest BCUT2D eigenvalue weighted by Crippen LogP contribution is -2.42. The van der Waals surface area contributed by atoms with Gasteiger partial charge in [0.05, 0.1) is 11.3 Å². The third-order valence-electron chi connectivity index (χ3n) is 2.84. The van der Waals surface area contributed by atoms with Gasteiger partial charge in [-0.15, -0.1) is 0 Å². The smallest absolute Gasteiger partial charge is 0.416 e. The van der Waals surface area contributed by atoms with Crippen molar-refractivity contribution in [1.29, 1.82) is 0 Å². The van der Waals surface area contributed by atoms with Crippen LogP contribution in [-0.2, 0) is 15.8 Å². The van der Waals surface area contributed by atoms with Gasteiger partial charge in [-0.25, -0.2) is 10.0 Å². The second-order valence-electron chi connectivity index (χ2n) is 4.29. The van der Waals surface area contributed by atoms with E-state index >= 15 is 0 Å². The molecule has 1 aliphatic heterocycles. The highest BCUT2D eigenvalue weighted by Crippen LogP contribution is 2.33. The third kappa shape index (κ3) is 2.90. The number of halogens is 3. The van der Waals surface area contributed by atoms with Gasteiger partial charge in [0.25, 0.3) is 0 Å². The standard InChI is InChI=1S/C12H11F3N2O3/c13-12(14,15)8-2-1-3-9(6-8)17-10(18)4-5-16(17)7-11(19)20/h1-3,6H,4-5,7H2,(H,19,20). The fraction of sp³-hybridized carbons (Fsp3) is 0.333. The zero-order chi connectivity index (χ0) is 14.9. The largest absolute Gasteiger partial charge is 0.480 e. The summed E-state index contributed by atoms with van der Waals surface area (Å²) in [6.07, 6.45) is -4.44. The number of anilines is 1. The van der Waals surface area contributed by atoms with Gasteiger partial charge < -0.3 is 5.11 Å². The molecule has 20 heavy (non-hydrogen) atoms. The van der Waals surface area contributed by atoms with Crippen molar-refractivity contribution >= 4 is 17.6 Å². The second kappa shape index (κ2) is 5.12. The van der Waals surface area contributed by atoms with E-state index in [1.54, 1.807) is 0 Å². The van der Waals surface area contributed by atoms with E-state index in [4.69, 9.17) is 5.11 Å². The number of carbonyl (C=O) groups is 2. The third-order valence-corrected chi connectivity index (χ3v) is 2.84. The van der Waals surface area contributed by atoms with Gasteiger partial charge in [0, 0.05) is 13.0 Å². The molecule has 2 rings (SSSR count). The van der Waals surface area contributed by atoms with Gasteiger partial charge in [-0.05, 0) is 18.2 Å². The molecule has 8 heteroatoms. The minimum atomic E-state index is -4.52. The minimum Gasteiger partial charge on any atom is -0.480 e. The Kier molecular flexibility index (Phi) is 3.67. The van der Waals surface area contributed by atoms with Gasteiger partial charge in [-0.1, -0.05) is 6.07 Å². The molecule has 0 unspecified atom stereocenters. The van der Waals surface area contributed by atoms with Crippen LogP contribution in [0.3, 0.4) is 0 Å². The Balaban J connectivity index is 2.33. The van der Waals surface area contributed by atoms with Crippen LogP contribution >= 0.6 is 0 Å². The van der Waals surface area contributed by atoms with Crippen LogP contribution < -0.4 is 5.01 Å². The number of carboxylic acid groups (broad SMARTS) is 1. The Morgan fingerprint density at radius 3 is 2.65 bits per heavy atom. The molecule has 0 aliphatic carbocycles. The van der Waals surface area contributed by atoms with Crippen LogP contribution in [0.15, 0.2) is 24.3 Å². The minimum absolute atomic E-state index is 0.0172. The predicted octanol–water partition coefficient (Wildman–Crippen LogP) is 1.74. The topological polar surface area (TPSA) is 60.9 Å². The van der Waals surface area contributed by atoms with Crippen LogP contribution in [0.5, 0.6) is 0 Å². The average Bonchev–Trinajstić information content (AvgIpc) is 2.69. The van der Waals surface area contributed by atoms with E-state index in [2.05, 4.69) is 0 Å². The van der Waals surface area contributed by atoms with E-state index < -0.39 is 30.2 Å². The van der Waals surface area contributed by atoms with Gasteiger partial charge >= 0.3 is 12.1 Å². The van der Waals surface area contributed by atoms with Crippen LogP contribution in [0.2, 0.25) is 0 Å². The van der Waals surface area contributed by atoms with Crippen LogP contribution in [0.1, 0.15) is 12.0 Å². The summed E-state index contributed by atoms with van der Waals surface area (Å²) in [5.74, 6) is -1.58. The maximum absolute atomic E-state index is 12.6. The van der Waals surface area contributed by atoms with Crippen molar-refractivity contribution in [2.24, 2.45) is 0 Å². The molecule has 1 heterocycles. The zero-order valence-corrected chi connectivity index (χ0v) is 10.2. The van der Waals surface area contributed by atoms with Crippen LogP contribution in [0.4, 0.5) is 18.9 Å². The molecule has 5 nitrogen and oxygen atoms in total. The Bertz CT molecular complexity index is 545. The molecule has 0 atom stereocenters. The number of hydrazine groups is 1. The number of carboxylic acids is 1. The fourth-order valence-corrected chi connectivity index (χ4v) is 2.02. The molecule has 0 aromatic heterocycles. The summed E-state index contributed by atoms with van der Waals surface area (Å²) < 4.78 is 37.9. The summed E-state index contributed by atoms with van der Waals surface area (Å²) in [6, 6.07) is 4.25. The number of carbonyl (C=O) groups excluding carboxylic acids is 1. The Morgan fingerprint density at radius 1 is 1.35 bits per heavy atom. The molecule has 0 saturated carbocycles. The van der Waals surface area contributed by atoms with Crippen molar-refractivity contribution in [1.82, 2.24) is 5.01 Å². The number of benzene rings is 1. The summed E-state index contributed by atoms with van der Waals surface area (Å²) in [6.45, 7) is -0.274. The first-order valence-electron chi connectivity index (χ1n) is 5.76.